The molecule has 0 N–H and O–H groups in total. The number of benzene rings is 2. The fraction of sp³-hybridized carbons (Fsp3) is 0.0909. The molecule has 3 aromatic rings. The van der Waals surface area contributed by atoms with Crippen LogP contribution in [0.15, 0.2) is 54.6 Å². The van der Waals surface area contributed by atoms with Gasteiger partial charge < -0.3 is 9.47 Å². The standard InChI is InChI=1S/C22H15NO5/c1-12(24)28-14-8-9-15-16(10-14)22(26)20-19(21(15)25)18(27-2)11-17(23-20)13-6-4-3-5-7-13/h3-11H,1-2H3. The van der Waals surface area contributed by atoms with Crippen molar-refractivity contribution in [2.75, 3.05) is 7.11 Å². The maximum absolute atomic E-state index is 13.1. The first-order chi connectivity index (χ1) is 13.5. The molecule has 1 heterocycles. The van der Waals surface area contributed by atoms with E-state index < -0.39 is 11.8 Å². The summed E-state index contributed by atoms with van der Waals surface area (Å²) < 4.78 is 10.4. The van der Waals surface area contributed by atoms with E-state index in [4.69, 9.17) is 9.47 Å². The summed E-state index contributed by atoms with van der Waals surface area (Å²) in [7, 11) is 1.45. The van der Waals surface area contributed by atoms with Gasteiger partial charge in [-0.15, -0.1) is 0 Å². The normalized spacial score (nSPS) is 12.2. The third-order valence-corrected chi connectivity index (χ3v) is 4.46. The fourth-order valence-electron chi connectivity index (χ4n) is 3.22. The summed E-state index contributed by atoms with van der Waals surface area (Å²) in [6, 6.07) is 15.3. The molecule has 6 nitrogen and oxygen atoms in total. The average Bonchev–Trinajstić information content (AvgIpc) is 2.71. The number of ketones is 2. The van der Waals surface area contributed by atoms with E-state index in [0.717, 1.165) is 5.56 Å². The Morgan fingerprint density at radius 3 is 2.36 bits per heavy atom. The third-order valence-electron chi connectivity index (χ3n) is 4.46. The molecule has 138 valence electrons. The lowest BCUT2D eigenvalue weighted by Crippen LogP contribution is -2.23. The van der Waals surface area contributed by atoms with Crippen LogP contribution in [-0.2, 0) is 4.79 Å². The van der Waals surface area contributed by atoms with Crippen LogP contribution in [-0.4, -0.2) is 29.6 Å². The summed E-state index contributed by atoms with van der Waals surface area (Å²) in [5.74, 6) is -0.808. The number of nitrogens with zero attached hydrogens (tertiary/aromatic N) is 1. The zero-order chi connectivity index (χ0) is 19.8. The van der Waals surface area contributed by atoms with Crippen molar-refractivity contribution in [3.8, 4) is 22.8 Å². The monoisotopic (exact) mass is 373 g/mol. The Bertz CT molecular complexity index is 1140. The summed E-state index contributed by atoms with van der Waals surface area (Å²) >= 11 is 0. The van der Waals surface area contributed by atoms with Crippen LogP contribution < -0.4 is 9.47 Å². The molecule has 1 aliphatic carbocycles. The minimum atomic E-state index is -0.513. The van der Waals surface area contributed by atoms with Gasteiger partial charge >= 0.3 is 5.97 Å². The first kappa shape index (κ1) is 17.6. The second kappa shape index (κ2) is 6.74. The number of carbonyl (C=O) groups excluding carboxylic acids is 3. The smallest absolute Gasteiger partial charge is 0.308 e. The minimum Gasteiger partial charge on any atom is -0.496 e. The van der Waals surface area contributed by atoms with Crippen LogP contribution >= 0.6 is 0 Å². The van der Waals surface area contributed by atoms with Crippen LogP contribution in [0.3, 0.4) is 0 Å². The van der Waals surface area contributed by atoms with Crippen molar-refractivity contribution in [2.45, 2.75) is 6.92 Å². The van der Waals surface area contributed by atoms with Crippen LogP contribution in [0.4, 0.5) is 0 Å². The summed E-state index contributed by atoms with van der Waals surface area (Å²) in [6.07, 6.45) is 0. The molecule has 0 bridgehead atoms. The van der Waals surface area contributed by atoms with Crippen molar-refractivity contribution < 1.29 is 23.9 Å². The van der Waals surface area contributed by atoms with E-state index in [1.807, 2.05) is 30.3 Å². The molecule has 0 amide bonds. The molecular formula is C22H15NO5. The lowest BCUT2D eigenvalue weighted by atomic mass is 9.86. The molecule has 0 fully saturated rings. The molecule has 6 heteroatoms. The number of rotatable bonds is 3. The number of ether oxygens (including phenoxy) is 2. The van der Waals surface area contributed by atoms with E-state index in [-0.39, 0.29) is 39.7 Å². The Kier molecular flexibility index (Phi) is 4.24. The molecular weight excluding hydrogens is 358 g/mol. The van der Waals surface area contributed by atoms with Gasteiger partial charge in [0.25, 0.3) is 0 Å². The van der Waals surface area contributed by atoms with E-state index in [1.165, 1.54) is 32.2 Å². The van der Waals surface area contributed by atoms with Crippen molar-refractivity contribution in [3.05, 3.63) is 77.0 Å². The molecule has 0 radical (unpaired) electrons. The van der Waals surface area contributed by atoms with Gasteiger partial charge in [-0.2, -0.15) is 0 Å². The van der Waals surface area contributed by atoms with Crippen molar-refractivity contribution >= 4 is 17.5 Å². The number of methoxy groups -OCH3 is 1. The quantitative estimate of drug-likeness (QED) is 0.404. The van der Waals surface area contributed by atoms with Gasteiger partial charge in [-0.3, -0.25) is 14.4 Å². The van der Waals surface area contributed by atoms with Gasteiger partial charge in [0.2, 0.25) is 5.78 Å². The highest BCUT2D eigenvalue weighted by Crippen LogP contribution is 2.36. The first-order valence-corrected chi connectivity index (χ1v) is 8.56. The van der Waals surface area contributed by atoms with E-state index in [9.17, 15) is 14.4 Å². The number of fused-ring (bicyclic) bond motifs is 2. The largest absolute Gasteiger partial charge is 0.496 e. The number of hydrogen-bond acceptors (Lipinski definition) is 6. The van der Waals surface area contributed by atoms with Gasteiger partial charge in [-0.25, -0.2) is 4.98 Å². The van der Waals surface area contributed by atoms with Gasteiger partial charge in [0.1, 0.15) is 17.2 Å². The van der Waals surface area contributed by atoms with E-state index in [1.54, 1.807) is 6.07 Å². The van der Waals surface area contributed by atoms with Crippen LogP contribution in [0.2, 0.25) is 0 Å². The van der Waals surface area contributed by atoms with Crippen molar-refractivity contribution in [1.29, 1.82) is 0 Å². The molecule has 0 saturated heterocycles. The lowest BCUT2D eigenvalue weighted by molar-refractivity contribution is -0.131. The maximum Gasteiger partial charge on any atom is 0.308 e. The summed E-state index contributed by atoms with van der Waals surface area (Å²) in [5.41, 5.74) is 1.85. The number of esters is 1. The zero-order valence-corrected chi connectivity index (χ0v) is 15.2. The van der Waals surface area contributed by atoms with Crippen molar-refractivity contribution in [3.63, 3.8) is 0 Å². The zero-order valence-electron chi connectivity index (χ0n) is 15.2. The number of carbonyl (C=O) groups is 3. The second-order valence-corrected chi connectivity index (χ2v) is 6.26. The van der Waals surface area contributed by atoms with Crippen LogP contribution in [0.25, 0.3) is 11.3 Å². The van der Waals surface area contributed by atoms with E-state index in [2.05, 4.69) is 4.98 Å². The van der Waals surface area contributed by atoms with E-state index in [0.29, 0.717) is 5.69 Å². The van der Waals surface area contributed by atoms with Crippen LogP contribution in [0, 0.1) is 0 Å². The van der Waals surface area contributed by atoms with Gasteiger partial charge in [-0.1, -0.05) is 30.3 Å². The van der Waals surface area contributed by atoms with E-state index >= 15 is 0 Å². The third kappa shape index (κ3) is 2.85. The number of hydrogen-bond donors (Lipinski definition) is 0. The predicted octanol–water partition coefficient (Wildman–Crippen LogP) is 3.46. The average molecular weight is 373 g/mol. The predicted molar refractivity (Wildman–Crippen MR) is 101 cm³/mol. The first-order valence-electron chi connectivity index (χ1n) is 8.56. The summed E-state index contributed by atoms with van der Waals surface area (Å²) in [6.45, 7) is 1.26. The Morgan fingerprint density at radius 2 is 1.68 bits per heavy atom. The van der Waals surface area contributed by atoms with Gasteiger partial charge in [0, 0.05) is 29.7 Å². The molecule has 0 saturated carbocycles. The van der Waals surface area contributed by atoms with Crippen molar-refractivity contribution in [1.82, 2.24) is 4.98 Å². The van der Waals surface area contributed by atoms with Gasteiger partial charge in [0.15, 0.2) is 5.78 Å². The summed E-state index contributed by atoms with van der Waals surface area (Å²) in [4.78, 5) is 41.8. The topological polar surface area (TPSA) is 82.6 Å². The highest BCUT2D eigenvalue weighted by atomic mass is 16.5. The lowest BCUT2D eigenvalue weighted by Gasteiger charge is -2.20. The number of pyridine rings is 1. The molecule has 28 heavy (non-hydrogen) atoms. The van der Waals surface area contributed by atoms with Crippen LogP contribution in [0.1, 0.15) is 38.9 Å². The second-order valence-electron chi connectivity index (χ2n) is 6.26. The molecule has 0 atom stereocenters. The maximum atomic E-state index is 13.1. The molecule has 0 unspecified atom stereocenters. The highest BCUT2D eigenvalue weighted by Gasteiger charge is 2.34. The summed E-state index contributed by atoms with van der Waals surface area (Å²) in [5, 5.41) is 0. The SMILES string of the molecule is COc1cc(-c2ccccc2)nc2c1C(=O)c1ccc(OC(C)=O)cc1C2=O. The fourth-order valence-corrected chi connectivity index (χ4v) is 3.22. The Hall–Kier alpha value is -3.80. The minimum absolute atomic E-state index is 0.0238. The van der Waals surface area contributed by atoms with Crippen molar-refractivity contribution in [2.24, 2.45) is 0 Å². The molecule has 1 aliphatic rings. The van der Waals surface area contributed by atoms with Gasteiger partial charge in [-0.05, 0) is 18.2 Å². The molecule has 4 rings (SSSR count). The van der Waals surface area contributed by atoms with Crippen LogP contribution in [0.5, 0.6) is 11.5 Å². The molecule has 2 aromatic carbocycles. The highest BCUT2D eigenvalue weighted by molar-refractivity contribution is 6.28. The molecule has 1 aromatic heterocycles. The number of aromatic nitrogens is 1. The Balaban J connectivity index is 1.90. The Labute approximate surface area is 160 Å². The molecule has 0 spiro atoms. The Morgan fingerprint density at radius 1 is 0.929 bits per heavy atom. The molecule has 0 aliphatic heterocycles. The van der Waals surface area contributed by atoms with Gasteiger partial charge in [0.05, 0.1) is 18.4 Å².